The lowest BCUT2D eigenvalue weighted by molar-refractivity contribution is 0.177. The van der Waals surface area contributed by atoms with Gasteiger partial charge in [0.2, 0.25) is 0 Å². The number of benzene rings is 1. The van der Waals surface area contributed by atoms with Gasteiger partial charge < -0.3 is 10.1 Å². The second-order valence-electron chi connectivity index (χ2n) is 6.48. The van der Waals surface area contributed by atoms with Gasteiger partial charge in [0.1, 0.15) is 0 Å². The van der Waals surface area contributed by atoms with Crippen molar-refractivity contribution in [2.45, 2.75) is 46.1 Å². The van der Waals surface area contributed by atoms with Crippen LogP contribution in [0.4, 0.5) is 10.1 Å². The summed E-state index contributed by atoms with van der Waals surface area (Å²) in [6.07, 6.45) is 3.62. The van der Waals surface area contributed by atoms with Gasteiger partial charge in [-0.2, -0.15) is 0 Å². The molecule has 1 aliphatic rings. The number of nitrogens with one attached hydrogen (secondary N) is 1. The highest BCUT2D eigenvalue weighted by Gasteiger charge is 2.32. The standard InChI is InChI=1S/C16H24FNO/c1-11-10-16(2,3)8-7-14(11)18-12-5-6-13(17)15(9-12)19-4/h5-6,9,11,14,18H,7-8,10H2,1-4H3. The number of rotatable bonds is 3. The Morgan fingerprint density at radius 3 is 2.74 bits per heavy atom. The Hall–Kier alpha value is -1.25. The Bertz CT molecular complexity index is 444. The third-order valence-electron chi connectivity index (χ3n) is 4.20. The lowest BCUT2D eigenvalue weighted by atomic mass is 9.70. The van der Waals surface area contributed by atoms with Crippen molar-refractivity contribution >= 4 is 5.69 Å². The van der Waals surface area contributed by atoms with E-state index >= 15 is 0 Å². The van der Waals surface area contributed by atoms with E-state index in [2.05, 4.69) is 26.1 Å². The molecule has 1 saturated carbocycles. The lowest BCUT2D eigenvalue weighted by Gasteiger charge is -2.40. The van der Waals surface area contributed by atoms with Crippen molar-refractivity contribution in [3.63, 3.8) is 0 Å². The first-order chi connectivity index (χ1) is 8.91. The van der Waals surface area contributed by atoms with Gasteiger partial charge >= 0.3 is 0 Å². The van der Waals surface area contributed by atoms with Gasteiger partial charge in [-0.15, -0.1) is 0 Å². The predicted molar refractivity (Wildman–Crippen MR) is 77.2 cm³/mol. The Kier molecular flexibility index (Phi) is 4.02. The SMILES string of the molecule is COc1cc(NC2CCC(C)(C)CC2C)ccc1F. The molecule has 2 unspecified atom stereocenters. The molecule has 106 valence electrons. The fraction of sp³-hybridized carbons (Fsp3) is 0.625. The third kappa shape index (κ3) is 3.40. The fourth-order valence-electron chi connectivity index (χ4n) is 3.12. The minimum atomic E-state index is -0.314. The van der Waals surface area contributed by atoms with Gasteiger partial charge in [-0.3, -0.25) is 0 Å². The Balaban J connectivity index is 2.05. The van der Waals surface area contributed by atoms with Crippen LogP contribution in [0.5, 0.6) is 5.75 Å². The van der Waals surface area contributed by atoms with Crippen LogP contribution in [0.2, 0.25) is 0 Å². The zero-order chi connectivity index (χ0) is 14.0. The second-order valence-corrected chi connectivity index (χ2v) is 6.48. The molecule has 0 amide bonds. The van der Waals surface area contributed by atoms with E-state index in [9.17, 15) is 4.39 Å². The van der Waals surface area contributed by atoms with Crippen LogP contribution in [-0.2, 0) is 0 Å². The minimum Gasteiger partial charge on any atom is -0.494 e. The molecule has 1 aliphatic carbocycles. The summed E-state index contributed by atoms with van der Waals surface area (Å²) in [5.41, 5.74) is 1.38. The van der Waals surface area contributed by atoms with Gasteiger partial charge in [0, 0.05) is 17.8 Å². The number of halogens is 1. The van der Waals surface area contributed by atoms with Crippen LogP contribution < -0.4 is 10.1 Å². The molecule has 1 fully saturated rings. The molecular formula is C16H24FNO. The molecule has 0 saturated heterocycles. The van der Waals surface area contributed by atoms with Crippen molar-refractivity contribution in [1.29, 1.82) is 0 Å². The molecule has 2 atom stereocenters. The minimum absolute atomic E-state index is 0.300. The lowest BCUT2D eigenvalue weighted by Crippen LogP contribution is -2.36. The summed E-state index contributed by atoms with van der Waals surface area (Å²) in [7, 11) is 1.49. The van der Waals surface area contributed by atoms with E-state index in [0.717, 1.165) is 12.1 Å². The van der Waals surface area contributed by atoms with Crippen molar-refractivity contribution in [2.24, 2.45) is 11.3 Å². The average Bonchev–Trinajstić information content (AvgIpc) is 2.34. The molecular weight excluding hydrogens is 241 g/mol. The molecule has 0 heterocycles. The first kappa shape index (κ1) is 14.2. The van der Waals surface area contributed by atoms with Crippen LogP contribution in [0, 0.1) is 17.2 Å². The zero-order valence-corrected chi connectivity index (χ0v) is 12.3. The van der Waals surface area contributed by atoms with Gasteiger partial charge in [0.25, 0.3) is 0 Å². The van der Waals surface area contributed by atoms with Gasteiger partial charge in [0.15, 0.2) is 11.6 Å². The van der Waals surface area contributed by atoms with E-state index in [1.54, 1.807) is 12.1 Å². The monoisotopic (exact) mass is 265 g/mol. The van der Waals surface area contributed by atoms with Crippen molar-refractivity contribution in [2.75, 3.05) is 12.4 Å². The molecule has 1 N–H and O–H groups in total. The van der Waals surface area contributed by atoms with Gasteiger partial charge in [0.05, 0.1) is 7.11 Å². The molecule has 0 radical (unpaired) electrons. The predicted octanol–water partition coefficient (Wildman–Crippen LogP) is 4.46. The van der Waals surface area contributed by atoms with Crippen molar-refractivity contribution in [1.82, 2.24) is 0 Å². The second kappa shape index (κ2) is 5.40. The van der Waals surface area contributed by atoms with Crippen LogP contribution in [0.15, 0.2) is 18.2 Å². The summed E-state index contributed by atoms with van der Waals surface area (Å²) in [5, 5.41) is 3.52. The van der Waals surface area contributed by atoms with E-state index in [1.165, 1.54) is 26.0 Å². The van der Waals surface area contributed by atoms with Crippen molar-refractivity contribution < 1.29 is 9.13 Å². The molecule has 0 spiro atoms. The van der Waals surface area contributed by atoms with E-state index in [1.807, 2.05) is 0 Å². The quantitative estimate of drug-likeness (QED) is 0.871. The molecule has 2 nitrogen and oxygen atoms in total. The maximum atomic E-state index is 13.4. The highest BCUT2D eigenvalue weighted by atomic mass is 19.1. The number of ether oxygens (including phenoxy) is 1. The van der Waals surface area contributed by atoms with Gasteiger partial charge in [-0.25, -0.2) is 4.39 Å². The van der Waals surface area contributed by atoms with E-state index in [0.29, 0.717) is 23.1 Å². The maximum Gasteiger partial charge on any atom is 0.165 e. The van der Waals surface area contributed by atoms with Gasteiger partial charge in [-0.05, 0) is 42.7 Å². The van der Waals surface area contributed by atoms with Crippen LogP contribution in [0.1, 0.15) is 40.0 Å². The molecule has 0 bridgehead atoms. The van der Waals surface area contributed by atoms with E-state index < -0.39 is 0 Å². The summed E-state index contributed by atoms with van der Waals surface area (Å²) in [5.74, 6) is 0.611. The van der Waals surface area contributed by atoms with Gasteiger partial charge in [-0.1, -0.05) is 20.8 Å². The number of anilines is 1. The summed E-state index contributed by atoms with van der Waals surface area (Å²) in [6.45, 7) is 6.96. The molecule has 1 aromatic carbocycles. The van der Waals surface area contributed by atoms with E-state index in [4.69, 9.17) is 4.74 Å². The molecule has 0 aromatic heterocycles. The molecule has 0 aliphatic heterocycles. The molecule has 19 heavy (non-hydrogen) atoms. The summed E-state index contributed by atoms with van der Waals surface area (Å²) >= 11 is 0. The van der Waals surface area contributed by atoms with Crippen LogP contribution in [-0.4, -0.2) is 13.2 Å². The molecule has 2 rings (SSSR count). The Labute approximate surface area is 115 Å². The van der Waals surface area contributed by atoms with E-state index in [-0.39, 0.29) is 5.82 Å². The van der Waals surface area contributed by atoms with Crippen molar-refractivity contribution in [3.8, 4) is 5.75 Å². The zero-order valence-electron chi connectivity index (χ0n) is 12.3. The number of hydrogen-bond acceptors (Lipinski definition) is 2. The third-order valence-corrected chi connectivity index (χ3v) is 4.20. The summed E-state index contributed by atoms with van der Waals surface area (Å²) in [6, 6.07) is 5.44. The van der Waals surface area contributed by atoms with Crippen LogP contribution in [0.3, 0.4) is 0 Å². The average molecular weight is 265 g/mol. The topological polar surface area (TPSA) is 21.3 Å². The summed E-state index contributed by atoms with van der Waals surface area (Å²) in [4.78, 5) is 0. The Morgan fingerprint density at radius 2 is 2.11 bits per heavy atom. The van der Waals surface area contributed by atoms with Crippen LogP contribution in [0.25, 0.3) is 0 Å². The smallest absolute Gasteiger partial charge is 0.165 e. The Morgan fingerprint density at radius 1 is 1.37 bits per heavy atom. The maximum absolute atomic E-state index is 13.4. The normalized spacial score (nSPS) is 25.9. The fourth-order valence-corrected chi connectivity index (χ4v) is 3.12. The largest absolute Gasteiger partial charge is 0.494 e. The number of methoxy groups -OCH3 is 1. The molecule has 1 aromatic rings. The van der Waals surface area contributed by atoms with Crippen molar-refractivity contribution in [3.05, 3.63) is 24.0 Å². The highest BCUT2D eigenvalue weighted by Crippen LogP contribution is 2.39. The number of hydrogen-bond donors (Lipinski definition) is 1. The first-order valence-electron chi connectivity index (χ1n) is 7.01. The summed E-state index contributed by atoms with van der Waals surface area (Å²) < 4.78 is 18.4. The molecule has 3 heteroatoms. The van der Waals surface area contributed by atoms with Crippen LogP contribution >= 0.6 is 0 Å². The highest BCUT2D eigenvalue weighted by molar-refractivity contribution is 5.49. The first-order valence-corrected chi connectivity index (χ1v) is 7.01.